The minimum atomic E-state index is -0.449. The summed E-state index contributed by atoms with van der Waals surface area (Å²) in [6, 6.07) is 5.20. The average molecular weight is 318 g/mol. The monoisotopic (exact) mass is 318 g/mol. The number of halogens is 1. The molecular weight excluding hydrogens is 295 g/mol. The Hall–Kier alpha value is -1.46. The molecule has 1 aliphatic carbocycles. The molecule has 0 aromatic heterocycles. The highest BCUT2D eigenvalue weighted by Crippen LogP contribution is 2.37. The zero-order valence-electron chi connectivity index (χ0n) is 13.4. The van der Waals surface area contributed by atoms with Crippen molar-refractivity contribution in [3.8, 4) is 0 Å². The maximum absolute atomic E-state index is 13.9. The number of nitrogens with one attached hydrogen (secondary N) is 1. The van der Waals surface area contributed by atoms with Gasteiger partial charge >= 0.3 is 0 Å². The summed E-state index contributed by atoms with van der Waals surface area (Å²) in [7, 11) is 0. The first-order valence-electron chi connectivity index (χ1n) is 8.53. The number of rotatable bonds is 3. The van der Waals surface area contributed by atoms with Crippen molar-refractivity contribution in [3.05, 3.63) is 35.1 Å². The molecule has 1 N–H and O–H groups in total. The van der Waals surface area contributed by atoms with Crippen molar-refractivity contribution in [2.75, 3.05) is 19.7 Å². The second-order valence-electron chi connectivity index (χ2n) is 7.15. The van der Waals surface area contributed by atoms with Crippen LogP contribution in [0.3, 0.4) is 0 Å². The highest BCUT2D eigenvalue weighted by Gasteiger charge is 2.42. The standard InChI is InChI=1S/C18H23FN2O2/c1-11-3-2-4-15(19)17(11)18(22)20-13-7-14-10-23-16(12-5-6-12)9-21(14)8-13/h2-4,12-14,16H,5-10H2,1H3,(H,20,22)/t13-,14-,16+/m0/s1. The maximum Gasteiger partial charge on any atom is 0.254 e. The molecule has 0 bridgehead atoms. The van der Waals surface area contributed by atoms with Gasteiger partial charge in [-0.25, -0.2) is 4.39 Å². The number of amides is 1. The summed E-state index contributed by atoms with van der Waals surface area (Å²) in [5.74, 6) is -0.00823. The van der Waals surface area contributed by atoms with Crippen molar-refractivity contribution in [2.45, 2.75) is 44.4 Å². The minimum Gasteiger partial charge on any atom is -0.375 e. The molecule has 124 valence electrons. The van der Waals surface area contributed by atoms with Gasteiger partial charge in [0, 0.05) is 25.2 Å². The summed E-state index contributed by atoms with van der Waals surface area (Å²) < 4.78 is 19.9. The van der Waals surface area contributed by atoms with E-state index in [-0.39, 0.29) is 17.5 Å². The molecule has 4 nitrogen and oxygen atoms in total. The first-order valence-corrected chi connectivity index (χ1v) is 8.53. The van der Waals surface area contributed by atoms with Crippen molar-refractivity contribution in [1.82, 2.24) is 10.2 Å². The molecule has 1 aromatic carbocycles. The van der Waals surface area contributed by atoms with Crippen LogP contribution in [0.2, 0.25) is 0 Å². The van der Waals surface area contributed by atoms with Gasteiger partial charge in [-0.1, -0.05) is 12.1 Å². The van der Waals surface area contributed by atoms with Gasteiger partial charge < -0.3 is 10.1 Å². The van der Waals surface area contributed by atoms with Gasteiger partial charge in [-0.15, -0.1) is 0 Å². The Morgan fingerprint density at radius 2 is 2.17 bits per heavy atom. The van der Waals surface area contributed by atoms with E-state index >= 15 is 0 Å². The Labute approximate surface area is 136 Å². The van der Waals surface area contributed by atoms with Gasteiger partial charge in [0.05, 0.1) is 18.3 Å². The molecule has 0 spiro atoms. The molecule has 2 aliphatic heterocycles. The van der Waals surface area contributed by atoms with Crippen molar-refractivity contribution in [3.63, 3.8) is 0 Å². The number of benzene rings is 1. The van der Waals surface area contributed by atoms with Crippen molar-refractivity contribution in [2.24, 2.45) is 5.92 Å². The van der Waals surface area contributed by atoms with Crippen molar-refractivity contribution < 1.29 is 13.9 Å². The van der Waals surface area contributed by atoms with Crippen LogP contribution in [0.1, 0.15) is 35.2 Å². The molecular formula is C18H23FN2O2. The summed E-state index contributed by atoms with van der Waals surface area (Å²) in [5.41, 5.74) is 0.847. The van der Waals surface area contributed by atoms with Gasteiger partial charge in [0.25, 0.3) is 5.91 Å². The third-order valence-corrected chi connectivity index (χ3v) is 5.38. The number of fused-ring (bicyclic) bond motifs is 1. The molecule has 4 rings (SSSR count). The summed E-state index contributed by atoms with van der Waals surface area (Å²) in [6.45, 7) is 4.34. The molecule has 5 heteroatoms. The first kappa shape index (κ1) is 15.1. The Morgan fingerprint density at radius 1 is 1.35 bits per heavy atom. The lowest BCUT2D eigenvalue weighted by Crippen LogP contribution is -2.47. The Balaban J connectivity index is 1.39. The number of morpholine rings is 1. The van der Waals surface area contributed by atoms with Crippen LogP contribution in [0.5, 0.6) is 0 Å². The van der Waals surface area contributed by atoms with Gasteiger partial charge in [0.2, 0.25) is 0 Å². The fourth-order valence-corrected chi connectivity index (χ4v) is 3.93. The second kappa shape index (κ2) is 5.87. The fraction of sp³-hybridized carbons (Fsp3) is 0.611. The molecule has 3 atom stereocenters. The number of nitrogens with zero attached hydrogens (tertiary/aromatic N) is 1. The third kappa shape index (κ3) is 3.00. The highest BCUT2D eigenvalue weighted by molar-refractivity contribution is 5.96. The molecule has 2 heterocycles. The minimum absolute atomic E-state index is 0.0769. The SMILES string of the molecule is Cc1cccc(F)c1C(=O)N[C@H]1C[C@H]2CO[C@@H](C3CC3)CN2C1. The lowest BCUT2D eigenvalue weighted by Gasteiger charge is -2.35. The van der Waals surface area contributed by atoms with Crippen LogP contribution in [0.25, 0.3) is 0 Å². The van der Waals surface area contributed by atoms with Gasteiger partial charge in [-0.3, -0.25) is 9.69 Å². The molecule has 1 aromatic rings. The number of hydrogen-bond donors (Lipinski definition) is 1. The molecule has 3 aliphatic rings. The third-order valence-electron chi connectivity index (χ3n) is 5.38. The summed E-state index contributed by atoms with van der Waals surface area (Å²) in [4.78, 5) is 14.9. The fourth-order valence-electron chi connectivity index (χ4n) is 3.93. The van der Waals surface area contributed by atoms with Crippen LogP contribution in [0.4, 0.5) is 4.39 Å². The number of carbonyl (C=O) groups excluding carboxylic acids is 1. The molecule has 23 heavy (non-hydrogen) atoms. The van der Waals surface area contributed by atoms with Crippen LogP contribution in [0, 0.1) is 18.7 Å². The van der Waals surface area contributed by atoms with Crippen LogP contribution in [-0.4, -0.2) is 48.7 Å². The van der Waals surface area contributed by atoms with Gasteiger partial charge in [0.15, 0.2) is 0 Å². The predicted molar refractivity (Wildman–Crippen MR) is 84.8 cm³/mol. The van der Waals surface area contributed by atoms with Gasteiger partial charge in [-0.05, 0) is 43.7 Å². The second-order valence-corrected chi connectivity index (χ2v) is 7.15. The van der Waals surface area contributed by atoms with E-state index in [2.05, 4.69) is 10.2 Å². The lowest BCUT2D eigenvalue weighted by molar-refractivity contribution is -0.0581. The van der Waals surface area contributed by atoms with E-state index in [0.29, 0.717) is 17.7 Å². The molecule has 0 radical (unpaired) electrons. The molecule has 1 amide bonds. The van der Waals surface area contributed by atoms with Crippen LogP contribution in [-0.2, 0) is 4.74 Å². The summed E-state index contributed by atoms with van der Waals surface area (Å²) >= 11 is 0. The van der Waals surface area contributed by atoms with E-state index in [1.807, 2.05) is 0 Å². The number of carbonyl (C=O) groups is 1. The Morgan fingerprint density at radius 3 is 2.91 bits per heavy atom. The van der Waals surface area contributed by atoms with E-state index in [0.717, 1.165) is 32.0 Å². The number of ether oxygens (including phenoxy) is 1. The maximum atomic E-state index is 13.9. The largest absolute Gasteiger partial charge is 0.375 e. The van der Waals surface area contributed by atoms with Crippen LogP contribution < -0.4 is 5.32 Å². The van der Waals surface area contributed by atoms with E-state index in [4.69, 9.17) is 4.74 Å². The normalized spacial score (nSPS) is 31.0. The number of aryl methyl sites for hydroxylation is 1. The molecule has 3 fully saturated rings. The summed E-state index contributed by atoms with van der Waals surface area (Å²) in [6.07, 6.45) is 3.83. The van der Waals surface area contributed by atoms with Gasteiger partial charge in [-0.2, -0.15) is 0 Å². The Kier molecular flexibility index (Phi) is 3.85. The predicted octanol–water partition coefficient (Wildman–Crippen LogP) is 2.12. The zero-order valence-corrected chi connectivity index (χ0v) is 13.4. The summed E-state index contributed by atoms with van der Waals surface area (Å²) in [5, 5.41) is 3.02. The van der Waals surface area contributed by atoms with E-state index in [1.54, 1.807) is 19.1 Å². The molecule has 0 unspecified atom stereocenters. The smallest absolute Gasteiger partial charge is 0.254 e. The molecule has 1 saturated carbocycles. The van der Waals surface area contributed by atoms with E-state index in [9.17, 15) is 9.18 Å². The molecule has 2 saturated heterocycles. The van der Waals surface area contributed by atoms with Crippen LogP contribution in [0.15, 0.2) is 18.2 Å². The van der Waals surface area contributed by atoms with E-state index in [1.165, 1.54) is 18.9 Å². The Bertz CT molecular complexity index is 597. The van der Waals surface area contributed by atoms with Gasteiger partial charge in [0.1, 0.15) is 5.82 Å². The van der Waals surface area contributed by atoms with E-state index < -0.39 is 5.82 Å². The zero-order chi connectivity index (χ0) is 16.0. The van der Waals surface area contributed by atoms with Crippen molar-refractivity contribution in [1.29, 1.82) is 0 Å². The van der Waals surface area contributed by atoms with Crippen LogP contribution >= 0.6 is 0 Å². The number of hydrogen-bond acceptors (Lipinski definition) is 3. The topological polar surface area (TPSA) is 41.6 Å². The first-order chi connectivity index (χ1) is 11.1. The lowest BCUT2D eigenvalue weighted by atomic mass is 10.1. The highest BCUT2D eigenvalue weighted by atomic mass is 19.1. The average Bonchev–Trinajstić information content (AvgIpc) is 3.27. The quantitative estimate of drug-likeness (QED) is 0.928. The van der Waals surface area contributed by atoms with Crippen molar-refractivity contribution >= 4 is 5.91 Å².